The van der Waals surface area contributed by atoms with Crippen LogP contribution in [-0.4, -0.2) is 33.7 Å². The lowest BCUT2D eigenvalue weighted by Crippen LogP contribution is -2.46. The van der Waals surface area contributed by atoms with Crippen LogP contribution in [0.4, 0.5) is 5.69 Å². The largest absolute Gasteiger partial charge is 0.479 e. The van der Waals surface area contributed by atoms with Crippen molar-refractivity contribution in [3.8, 4) is 28.1 Å². The first-order valence-electron chi connectivity index (χ1n) is 11.3. The van der Waals surface area contributed by atoms with Gasteiger partial charge in [-0.25, -0.2) is 4.98 Å². The van der Waals surface area contributed by atoms with E-state index in [1.807, 2.05) is 95.0 Å². The van der Waals surface area contributed by atoms with Crippen LogP contribution >= 0.6 is 11.3 Å². The van der Waals surface area contributed by atoms with Crippen LogP contribution in [-0.2, 0) is 4.79 Å². The molecule has 6 nitrogen and oxygen atoms in total. The first kappa shape index (κ1) is 21.3. The minimum Gasteiger partial charge on any atom is -0.479 e. The lowest BCUT2D eigenvalue weighted by molar-refractivity contribution is -0.125. The Morgan fingerprint density at radius 1 is 1.00 bits per heavy atom. The van der Waals surface area contributed by atoms with Gasteiger partial charge in [0.25, 0.3) is 5.91 Å². The number of benzene rings is 3. The molecule has 1 amide bonds. The molecule has 0 radical (unpaired) electrons. The Hall–Kier alpha value is -4.23. The average molecular weight is 480 g/mol. The van der Waals surface area contributed by atoms with Crippen LogP contribution in [0.5, 0.6) is 5.75 Å². The molecule has 0 N–H and O–H groups in total. The maximum absolute atomic E-state index is 13.2. The summed E-state index contributed by atoms with van der Waals surface area (Å²) in [6, 6.07) is 23.1. The molecule has 0 bridgehead atoms. The molecule has 1 unspecified atom stereocenters. The summed E-state index contributed by atoms with van der Waals surface area (Å²) >= 11 is 1.56. The normalized spacial score (nSPS) is 15.2. The quantitative estimate of drug-likeness (QED) is 0.302. The average Bonchev–Trinajstić information content (AvgIpc) is 3.50. The Bertz CT molecular complexity index is 1530. The van der Waals surface area contributed by atoms with Gasteiger partial charge in [-0.15, -0.1) is 11.3 Å². The molecule has 2 aromatic heterocycles. The van der Waals surface area contributed by atoms with Crippen LogP contribution in [0, 0.1) is 0 Å². The predicted octanol–water partition coefficient (Wildman–Crippen LogP) is 5.73. The number of fused-ring (bicyclic) bond motifs is 2. The zero-order valence-electron chi connectivity index (χ0n) is 18.9. The summed E-state index contributed by atoms with van der Waals surface area (Å²) in [7, 11) is 0. The summed E-state index contributed by atoms with van der Waals surface area (Å²) in [5.41, 5.74) is 4.92. The minimum atomic E-state index is -0.667. The van der Waals surface area contributed by atoms with Crippen LogP contribution < -0.4 is 9.64 Å². The molecule has 1 aliphatic heterocycles. The summed E-state index contributed by atoms with van der Waals surface area (Å²) in [5.74, 6) is 0.203. The third-order valence-corrected chi connectivity index (χ3v) is 6.94. The number of thiazole rings is 1. The molecule has 0 aliphatic carbocycles. The smallest absolute Gasteiger partial charge is 0.268 e. The molecule has 0 saturated carbocycles. The molecule has 0 saturated heterocycles. The third kappa shape index (κ3) is 3.90. The highest BCUT2D eigenvalue weighted by molar-refractivity contribution is 7.15. The number of imidazole rings is 1. The molecule has 35 heavy (non-hydrogen) atoms. The van der Waals surface area contributed by atoms with Crippen molar-refractivity contribution in [2.24, 2.45) is 0 Å². The van der Waals surface area contributed by atoms with Gasteiger partial charge in [-0.3, -0.25) is 18.9 Å². The highest BCUT2D eigenvalue weighted by atomic mass is 32.1. The summed E-state index contributed by atoms with van der Waals surface area (Å²) in [5, 5.41) is 1.98. The number of amides is 1. The molecule has 3 heterocycles. The van der Waals surface area contributed by atoms with Gasteiger partial charge < -0.3 is 4.74 Å². The number of anilines is 1. The van der Waals surface area contributed by atoms with Gasteiger partial charge in [-0.1, -0.05) is 54.6 Å². The minimum absolute atomic E-state index is 0.0635. The van der Waals surface area contributed by atoms with E-state index in [1.165, 1.54) is 4.90 Å². The molecule has 1 aliphatic rings. The molecular weight excluding hydrogens is 458 g/mol. The van der Waals surface area contributed by atoms with E-state index in [0.29, 0.717) is 17.0 Å². The maximum atomic E-state index is 13.2. The van der Waals surface area contributed by atoms with E-state index in [0.717, 1.165) is 27.3 Å². The van der Waals surface area contributed by atoms with Gasteiger partial charge in [0.05, 0.1) is 17.9 Å². The van der Waals surface area contributed by atoms with Crippen molar-refractivity contribution in [1.82, 2.24) is 9.38 Å². The van der Waals surface area contributed by atoms with E-state index in [-0.39, 0.29) is 18.2 Å². The monoisotopic (exact) mass is 479 g/mol. The Kier molecular flexibility index (Phi) is 5.19. The number of ketones is 1. The number of aromatic nitrogens is 2. The molecule has 6 rings (SSSR count). The molecule has 172 valence electrons. The second kappa shape index (κ2) is 8.52. The van der Waals surface area contributed by atoms with E-state index in [2.05, 4.69) is 4.98 Å². The number of carbonyl (C=O) groups is 2. The van der Waals surface area contributed by atoms with E-state index in [4.69, 9.17) is 4.74 Å². The highest BCUT2D eigenvalue weighted by Gasteiger charge is 2.33. The summed E-state index contributed by atoms with van der Waals surface area (Å²) < 4.78 is 7.80. The lowest BCUT2D eigenvalue weighted by Gasteiger charge is -2.33. The van der Waals surface area contributed by atoms with Gasteiger partial charge in [-0.05, 0) is 36.2 Å². The first-order chi connectivity index (χ1) is 17.1. The van der Waals surface area contributed by atoms with Crippen molar-refractivity contribution in [3.05, 3.63) is 96.1 Å². The molecule has 3 aromatic carbocycles. The Morgan fingerprint density at radius 2 is 1.74 bits per heavy atom. The van der Waals surface area contributed by atoms with Crippen molar-refractivity contribution in [2.75, 3.05) is 11.4 Å². The SMILES string of the molecule is CC1Oc2ccc(-c3cn4ccsc4n3)cc2N(CC(=O)c2ccc(-c3ccccc3)cc2)C1=O. The van der Waals surface area contributed by atoms with Crippen molar-refractivity contribution < 1.29 is 14.3 Å². The third-order valence-electron chi connectivity index (χ3n) is 6.17. The van der Waals surface area contributed by atoms with E-state index in [9.17, 15) is 9.59 Å². The van der Waals surface area contributed by atoms with Crippen LogP contribution in [0.25, 0.3) is 27.3 Å². The zero-order chi connectivity index (χ0) is 23.9. The lowest BCUT2D eigenvalue weighted by atomic mass is 10.0. The number of hydrogen-bond acceptors (Lipinski definition) is 5. The Balaban J connectivity index is 1.30. The van der Waals surface area contributed by atoms with Gasteiger partial charge >= 0.3 is 0 Å². The Labute approximate surface area is 206 Å². The van der Waals surface area contributed by atoms with Gasteiger partial charge in [0, 0.05) is 28.9 Å². The van der Waals surface area contributed by atoms with Gasteiger partial charge in [0.2, 0.25) is 0 Å². The highest BCUT2D eigenvalue weighted by Crippen LogP contribution is 2.37. The molecule has 0 fully saturated rings. The van der Waals surface area contributed by atoms with Crippen molar-refractivity contribution in [3.63, 3.8) is 0 Å². The topological polar surface area (TPSA) is 63.9 Å². The second-order valence-corrected chi connectivity index (χ2v) is 9.33. The van der Waals surface area contributed by atoms with Crippen molar-refractivity contribution in [1.29, 1.82) is 0 Å². The molecule has 5 aromatic rings. The fourth-order valence-corrected chi connectivity index (χ4v) is 5.01. The maximum Gasteiger partial charge on any atom is 0.268 e. The number of rotatable bonds is 5. The van der Waals surface area contributed by atoms with Gasteiger partial charge in [0.1, 0.15) is 5.75 Å². The molecule has 7 heteroatoms. The second-order valence-electron chi connectivity index (χ2n) is 8.45. The van der Waals surface area contributed by atoms with Crippen LogP contribution in [0.3, 0.4) is 0 Å². The van der Waals surface area contributed by atoms with Crippen LogP contribution in [0.2, 0.25) is 0 Å². The van der Waals surface area contributed by atoms with E-state index in [1.54, 1.807) is 18.3 Å². The number of ether oxygens (including phenoxy) is 1. The predicted molar refractivity (Wildman–Crippen MR) is 137 cm³/mol. The van der Waals surface area contributed by atoms with Gasteiger partial charge in [0.15, 0.2) is 16.8 Å². The molecule has 1 atom stereocenters. The van der Waals surface area contributed by atoms with E-state index >= 15 is 0 Å². The number of nitrogens with zero attached hydrogens (tertiary/aromatic N) is 3. The number of carbonyl (C=O) groups excluding carboxylic acids is 2. The Morgan fingerprint density at radius 3 is 2.51 bits per heavy atom. The van der Waals surface area contributed by atoms with Gasteiger partial charge in [-0.2, -0.15) is 0 Å². The van der Waals surface area contributed by atoms with Crippen LogP contribution in [0.15, 0.2) is 90.6 Å². The van der Waals surface area contributed by atoms with Crippen LogP contribution in [0.1, 0.15) is 17.3 Å². The molecular formula is C28H21N3O3S. The summed E-state index contributed by atoms with van der Waals surface area (Å²) in [6.45, 7) is 1.64. The fraction of sp³-hybridized carbons (Fsp3) is 0.107. The van der Waals surface area contributed by atoms with Crippen molar-refractivity contribution in [2.45, 2.75) is 13.0 Å². The zero-order valence-corrected chi connectivity index (χ0v) is 19.7. The van der Waals surface area contributed by atoms with E-state index < -0.39 is 6.10 Å². The fourth-order valence-electron chi connectivity index (χ4n) is 4.31. The van der Waals surface area contributed by atoms with Crippen molar-refractivity contribution >= 4 is 33.7 Å². The number of hydrogen-bond donors (Lipinski definition) is 0. The molecule has 0 spiro atoms. The standard InChI is InChI=1S/C28H21N3O3S/c1-18-27(33)31(17-25(32)21-9-7-20(8-10-21)19-5-3-2-4-6-19)24-15-22(11-12-26(24)34-18)23-16-30-13-14-35-28(30)29-23/h2-16,18H,17H2,1H3. The number of Topliss-reactive ketones (excluding diaryl/α,β-unsaturated/α-hetero) is 1. The summed E-state index contributed by atoms with van der Waals surface area (Å²) in [4.78, 5) is 33.4. The summed E-state index contributed by atoms with van der Waals surface area (Å²) in [6.07, 6.45) is 3.24. The first-order valence-corrected chi connectivity index (χ1v) is 12.2.